The molecule has 112 valence electrons. The summed E-state index contributed by atoms with van der Waals surface area (Å²) in [5, 5.41) is 0.859. The molecular formula is C17H27ClN2. The zero-order valence-electron chi connectivity index (χ0n) is 12.9. The second-order valence-electron chi connectivity index (χ2n) is 6.50. The lowest BCUT2D eigenvalue weighted by Gasteiger charge is -2.36. The largest absolute Gasteiger partial charge is 0.371 e. The zero-order chi connectivity index (χ0) is 14.7. The van der Waals surface area contributed by atoms with Gasteiger partial charge in [-0.25, -0.2) is 0 Å². The molecular weight excluding hydrogens is 268 g/mol. The third-order valence-electron chi connectivity index (χ3n) is 4.28. The van der Waals surface area contributed by atoms with Crippen molar-refractivity contribution >= 4 is 17.3 Å². The molecule has 0 aliphatic carbocycles. The van der Waals surface area contributed by atoms with Crippen LogP contribution in [-0.2, 0) is 6.42 Å². The fourth-order valence-electron chi connectivity index (χ4n) is 3.20. The van der Waals surface area contributed by atoms with E-state index in [0.29, 0.717) is 0 Å². The maximum absolute atomic E-state index is 6.44. The molecule has 0 amide bonds. The predicted molar refractivity (Wildman–Crippen MR) is 88.6 cm³/mol. The number of halogens is 1. The van der Waals surface area contributed by atoms with E-state index in [4.69, 9.17) is 17.3 Å². The van der Waals surface area contributed by atoms with Crippen LogP contribution < -0.4 is 10.6 Å². The molecule has 1 aromatic carbocycles. The molecule has 2 rings (SSSR count). The predicted octanol–water partition coefficient (Wildman–Crippen LogP) is 4.10. The number of nitrogens with zero attached hydrogens (tertiary/aromatic N) is 1. The van der Waals surface area contributed by atoms with E-state index in [1.165, 1.54) is 17.7 Å². The first-order valence-corrected chi connectivity index (χ1v) is 8.16. The van der Waals surface area contributed by atoms with Gasteiger partial charge in [-0.2, -0.15) is 0 Å². The van der Waals surface area contributed by atoms with E-state index in [1.807, 2.05) is 0 Å². The summed E-state index contributed by atoms with van der Waals surface area (Å²) in [4.78, 5) is 2.47. The van der Waals surface area contributed by atoms with Gasteiger partial charge in [-0.15, -0.1) is 0 Å². The van der Waals surface area contributed by atoms with Gasteiger partial charge in [-0.3, -0.25) is 0 Å². The third kappa shape index (κ3) is 3.89. The van der Waals surface area contributed by atoms with Gasteiger partial charge in [0.25, 0.3) is 0 Å². The smallest absolute Gasteiger partial charge is 0.0459 e. The van der Waals surface area contributed by atoms with Crippen LogP contribution in [0, 0.1) is 11.8 Å². The van der Waals surface area contributed by atoms with Crippen LogP contribution in [0.2, 0.25) is 5.02 Å². The molecule has 0 bridgehead atoms. The average Bonchev–Trinajstić information content (AvgIpc) is 2.39. The van der Waals surface area contributed by atoms with Crippen LogP contribution in [-0.4, -0.2) is 19.1 Å². The molecule has 1 aliphatic rings. The molecule has 0 saturated carbocycles. The first kappa shape index (κ1) is 15.7. The van der Waals surface area contributed by atoms with Crippen LogP contribution in [0.3, 0.4) is 0 Å². The normalized spacial score (nSPS) is 24.8. The highest BCUT2D eigenvalue weighted by Crippen LogP contribution is 2.29. The number of rotatable bonds is 4. The van der Waals surface area contributed by atoms with Crippen molar-refractivity contribution in [2.75, 3.05) is 18.0 Å². The number of hydrogen-bond donors (Lipinski definition) is 1. The number of nitrogens with two attached hydrogens (primary N) is 1. The molecule has 3 heteroatoms. The van der Waals surface area contributed by atoms with Gasteiger partial charge in [0.15, 0.2) is 0 Å². The minimum atomic E-state index is 0.202. The van der Waals surface area contributed by atoms with Gasteiger partial charge >= 0.3 is 0 Å². The summed E-state index contributed by atoms with van der Waals surface area (Å²) in [6.07, 6.45) is 3.18. The van der Waals surface area contributed by atoms with Crippen LogP contribution in [0.4, 0.5) is 5.69 Å². The van der Waals surface area contributed by atoms with E-state index in [2.05, 4.69) is 43.9 Å². The molecule has 1 saturated heterocycles. The second kappa shape index (κ2) is 6.82. The Balaban J connectivity index is 2.12. The lowest BCUT2D eigenvalue weighted by molar-refractivity contribution is 0.357. The highest BCUT2D eigenvalue weighted by atomic mass is 35.5. The Bertz CT molecular complexity index is 437. The number of hydrogen-bond acceptors (Lipinski definition) is 2. The van der Waals surface area contributed by atoms with Gasteiger partial charge in [0.1, 0.15) is 0 Å². The molecule has 1 aromatic rings. The van der Waals surface area contributed by atoms with Crippen molar-refractivity contribution in [2.45, 2.75) is 46.1 Å². The maximum Gasteiger partial charge on any atom is 0.0459 e. The molecule has 0 aromatic heterocycles. The molecule has 1 heterocycles. The van der Waals surface area contributed by atoms with Gasteiger partial charge < -0.3 is 10.6 Å². The lowest BCUT2D eigenvalue weighted by atomic mass is 9.91. The van der Waals surface area contributed by atoms with Crippen molar-refractivity contribution in [3.05, 3.63) is 28.8 Å². The first-order valence-electron chi connectivity index (χ1n) is 7.78. The Kier molecular flexibility index (Phi) is 5.34. The minimum absolute atomic E-state index is 0.202. The fourth-order valence-corrected chi connectivity index (χ4v) is 3.45. The van der Waals surface area contributed by atoms with Crippen molar-refractivity contribution in [1.82, 2.24) is 0 Å². The minimum Gasteiger partial charge on any atom is -0.371 e. The van der Waals surface area contributed by atoms with Crippen molar-refractivity contribution in [3.8, 4) is 0 Å². The van der Waals surface area contributed by atoms with Crippen LogP contribution in [0.15, 0.2) is 18.2 Å². The van der Waals surface area contributed by atoms with E-state index in [9.17, 15) is 0 Å². The van der Waals surface area contributed by atoms with E-state index in [0.717, 1.165) is 42.8 Å². The fraction of sp³-hybridized carbons (Fsp3) is 0.647. The van der Waals surface area contributed by atoms with Crippen LogP contribution in [0.25, 0.3) is 0 Å². The molecule has 0 radical (unpaired) electrons. The highest BCUT2D eigenvalue weighted by Gasteiger charge is 2.22. The Labute approximate surface area is 128 Å². The topological polar surface area (TPSA) is 29.3 Å². The van der Waals surface area contributed by atoms with Crippen LogP contribution >= 0.6 is 11.6 Å². The van der Waals surface area contributed by atoms with Crippen molar-refractivity contribution in [1.29, 1.82) is 0 Å². The number of piperidine rings is 1. The van der Waals surface area contributed by atoms with E-state index < -0.39 is 0 Å². The SMILES string of the molecule is CCC(N)Cc1ccc(N2CC(C)CC(C)C2)cc1Cl. The van der Waals surface area contributed by atoms with Gasteiger partial charge in [0.05, 0.1) is 0 Å². The molecule has 20 heavy (non-hydrogen) atoms. The third-order valence-corrected chi connectivity index (χ3v) is 4.63. The molecule has 2 N–H and O–H groups in total. The highest BCUT2D eigenvalue weighted by molar-refractivity contribution is 6.31. The van der Waals surface area contributed by atoms with E-state index in [-0.39, 0.29) is 6.04 Å². The summed E-state index contributed by atoms with van der Waals surface area (Å²) in [5.41, 5.74) is 8.44. The summed E-state index contributed by atoms with van der Waals surface area (Å²) in [6.45, 7) is 9.05. The number of anilines is 1. The molecule has 1 fully saturated rings. The Morgan fingerprint density at radius 2 is 1.95 bits per heavy atom. The Morgan fingerprint density at radius 3 is 2.50 bits per heavy atom. The van der Waals surface area contributed by atoms with Crippen LogP contribution in [0.1, 0.15) is 39.2 Å². The van der Waals surface area contributed by atoms with E-state index >= 15 is 0 Å². The molecule has 2 nitrogen and oxygen atoms in total. The van der Waals surface area contributed by atoms with Crippen molar-refractivity contribution in [2.24, 2.45) is 17.6 Å². The molecule has 1 aliphatic heterocycles. The lowest BCUT2D eigenvalue weighted by Crippen LogP contribution is -2.38. The van der Waals surface area contributed by atoms with Gasteiger partial charge in [0.2, 0.25) is 0 Å². The van der Waals surface area contributed by atoms with E-state index in [1.54, 1.807) is 0 Å². The Hall–Kier alpha value is -0.730. The summed E-state index contributed by atoms with van der Waals surface area (Å²) >= 11 is 6.44. The zero-order valence-corrected chi connectivity index (χ0v) is 13.7. The molecule has 0 spiro atoms. The summed E-state index contributed by atoms with van der Waals surface area (Å²) in [5.74, 6) is 1.51. The first-order chi connectivity index (χ1) is 9.49. The summed E-state index contributed by atoms with van der Waals surface area (Å²) in [6, 6.07) is 6.67. The maximum atomic E-state index is 6.44. The summed E-state index contributed by atoms with van der Waals surface area (Å²) in [7, 11) is 0. The molecule has 3 atom stereocenters. The average molecular weight is 295 g/mol. The van der Waals surface area contributed by atoms with Gasteiger partial charge in [-0.05, 0) is 48.8 Å². The second-order valence-corrected chi connectivity index (χ2v) is 6.91. The van der Waals surface area contributed by atoms with Gasteiger partial charge in [0, 0.05) is 29.8 Å². The quantitative estimate of drug-likeness (QED) is 0.906. The van der Waals surface area contributed by atoms with Crippen LogP contribution in [0.5, 0.6) is 0 Å². The Morgan fingerprint density at radius 1 is 1.30 bits per heavy atom. The standard InChI is InChI=1S/C17H27ClN2/c1-4-15(19)8-14-5-6-16(9-17(14)18)20-10-12(2)7-13(3)11-20/h5-6,9,12-13,15H,4,7-8,10-11,19H2,1-3H3. The van der Waals surface area contributed by atoms with Crippen molar-refractivity contribution in [3.63, 3.8) is 0 Å². The monoisotopic (exact) mass is 294 g/mol. The van der Waals surface area contributed by atoms with Gasteiger partial charge in [-0.1, -0.05) is 38.4 Å². The number of benzene rings is 1. The van der Waals surface area contributed by atoms with Crippen molar-refractivity contribution < 1.29 is 0 Å². The summed E-state index contributed by atoms with van der Waals surface area (Å²) < 4.78 is 0. The molecule has 3 unspecified atom stereocenters.